The summed E-state index contributed by atoms with van der Waals surface area (Å²) >= 11 is 5.60. The van der Waals surface area contributed by atoms with E-state index in [1.165, 1.54) is 0 Å². The molecule has 0 fully saturated rings. The molecule has 2 heterocycles. The summed E-state index contributed by atoms with van der Waals surface area (Å²) < 4.78 is 1.75. The van der Waals surface area contributed by atoms with Crippen LogP contribution in [0.4, 0.5) is 17.3 Å². The van der Waals surface area contributed by atoms with E-state index in [1.54, 1.807) is 4.68 Å². The van der Waals surface area contributed by atoms with Crippen molar-refractivity contribution in [1.29, 1.82) is 5.26 Å². The van der Waals surface area contributed by atoms with E-state index in [0.717, 1.165) is 33.6 Å². The molecule has 8 nitrogen and oxygen atoms in total. The Balaban J connectivity index is 1.33. The second-order valence-corrected chi connectivity index (χ2v) is 10.8. The van der Waals surface area contributed by atoms with Gasteiger partial charge in [-0.1, -0.05) is 78.4 Å². The number of nitrogens with two attached hydrogens (primary N) is 1. The first-order chi connectivity index (χ1) is 19.7. The van der Waals surface area contributed by atoms with Crippen molar-refractivity contribution in [3.05, 3.63) is 108 Å². The number of benzene rings is 3. The van der Waals surface area contributed by atoms with Crippen molar-refractivity contribution in [3.63, 3.8) is 0 Å². The molecule has 5 rings (SSSR count). The number of aryl methyl sites for hydroxylation is 1. The van der Waals surface area contributed by atoms with Gasteiger partial charge in [-0.05, 0) is 63.2 Å². The van der Waals surface area contributed by atoms with E-state index in [-0.39, 0.29) is 0 Å². The van der Waals surface area contributed by atoms with Crippen LogP contribution in [-0.4, -0.2) is 25.1 Å². The number of nitrogen functional groups attached to an aromatic ring is 1. The zero-order chi connectivity index (χ0) is 29.0. The monoisotopic (exact) mass is 558 g/mol. The summed E-state index contributed by atoms with van der Waals surface area (Å²) in [6.45, 7) is 6.12. The first-order valence-electron chi connectivity index (χ1n) is 13.2. The van der Waals surface area contributed by atoms with Crippen LogP contribution in [0.1, 0.15) is 30.5 Å². The fourth-order valence-electron chi connectivity index (χ4n) is 4.69. The van der Waals surface area contributed by atoms with Gasteiger partial charge in [0.2, 0.25) is 0 Å². The van der Waals surface area contributed by atoms with Gasteiger partial charge in [0, 0.05) is 16.8 Å². The van der Waals surface area contributed by atoms with Crippen LogP contribution in [0, 0.1) is 18.3 Å². The third-order valence-corrected chi connectivity index (χ3v) is 7.00. The topological polar surface area (TPSA) is 117 Å². The fourth-order valence-corrected chi connectivity index (χ4v) is 4.90. The minimum atomic E-state index is -0.551. The van der Waals surface area contributed by atoms with E-state index >= 15 is 0 Å². The zero-order valence-electron chi connectivity index (χ0n) is 23.1. The Hall–Kier alpha value is -5.07. The highest BCUT2D eigenvalue weighted by Gasteiger charge is 2.29. The van der Waals surface area contributed by atoms with Gasteiger partial charge in [0.05, 0.1) is 11.2 Å². The number of nitrogens with zero attached hydrogens (tertiary/aromatic N) is 5. The van der Waals surface area contributed by atoms with Crippen molar-refractivity contribution in [2.45, 2.75) is 32.7 Å². The zero-order valence-corrected chi connectivity index (χ0v) is 23.9. The molecule has 0 radical (unpaired) electrons. The Bertz CT molecular complexity index is 1720. The van der Waals surface area contributed by atoms with Crippen molar-refractivity contribution in [3.8, 4) is 28.6 Å². The molecule has 0 unspecified atom stereocenters. The Labute approximate surface area is 244 Å². The summed E-state index contributed by atoms with van der Waals surface area (Å²) in [5, 5.41) is 30.1. The Morgan fingerprint density at radius 1 is 0.902 bits per heavy atom. The average molecular weight is 559 g/mol. The predicted octanol–water partition coefficient (Wildman–Crippen LogP) is 6.56. The van der Waals surface area contributed by atoms with E-state index in [1.807, 2.05) is 112 Å². The van der Waals surface area contributed by atoms with Crippen molar-refractivity contribution in [2.75, 3.05) is 16.4 Å². The minimum Gasteiger partial charge on any atom is -0.383 e. The van der Waals surface area contributed by atoms with Crippen molar-refractivity contribution < 1.29 is 0 Å². The third kappa shape index (κ3) is 6.08. The first-order valence-corrected chi connectivity index (χ1v) is 13.6. The maximum absolute atomic E-state index is 9.90. The van der Waals surface area contributed by atoms with Gasteiger partial charge >= 0.3 is 0 Å². The number of thiocarbonyl (C=S) groups is 1. The summed E-state index contributed by atoms with van der Waals surface area (Å²) in [4.78, 5) is 0. The van der Waals surface area contributed by atoms with Crippen LogP contribution in [0.3, 0.4) is 0 Å². The van der Waals surface area contributed by atoms with Gasteiger partial charge < -0.3 is 16.4 Å². The van der Waals surface area contributed by atoms with Crippen molar-refractivity contribution >= 4 is 34.7 Å². The molecule has 3 aromatic carbocycles. The number of anilines is 3. The molecule has 0 saturated carbocycles. The molecular weight excluding hydrogens is 528 g/mol. The van der Waals surface area contributed by atoms with E-state index < -0.39 is 5.54 Å². The van der Waals surface area contributed by atoms with Crippen LogP contribution in [0.5, 0.6) is 0 Å². The fraction of sp³-hybridized carbons (Fsp3) is 0.156. The van der Waals surface area contributed by atoms with Gasteiger partial charge in [0.25, 0.3) is 0 Å². The van der Waals surface area contributed by atoms with Crippen LogP contribution < -0.4 is 16.4 Å². The van der Waals surface area contributed by atoms with Gasteiger partial charge in [0.15, 0.2) is 10.9 Å². The van der Waals surface area contributed by atoms with Gasteiger partial charge in [-0.15, -0.1) is 10.2 Å². The highest BCUT2D eigenvalue weighted by Crippen LogP contribution is 2.33. The molecule has 41 heavy (non-hydrogen) atoms. The number of hydrogen-bond acceptors (Lipinski definition) is 6. The second kappa shape index (κ2) is 11.6. The molecule has 0 spiro atoms. The van der Waals surface area contributed by atoms with E-state index in [9.17, 15) is 5.26 Å². The van der Waals surface area contributed by atoms with Crippen LogP contribution in [0.25, 0.3) is 22.5 Å². The molecule has 0 saturated heterocycles. The predicted molar refractivity (Wildman–Crippen MR) is 168 cm³/mol. The van der Waals surface area contributed by atoms with Crippen LogP contribution in [0.15, 0.2) is 91.0 Å². The van der Waals surface area contributed by atoms with Crippen molar-refractivity contribution in [1.82, 2.24) is 20.0 Å². The summed E-state index contributed by atoms with van der Waals surface area (Å²) in [7, 11) is 0. The lowest BCUT2D eigenvalue weighted by atomic mass is 9.94. The largest absolute Gasteiger partial charge is 0.383 e. The number of aromatic nitrogens is 4. The Kier molecular flexibility index (Phi) is 7.77. The van der Waals surface area contributed by atoms with Crippen LogP contribution in [-0.2, 0) is 12.0 Å². The second-order valence-electron chi connectivity index (χ2n) is 10.4. The number of para-hydroxylation sites is 1. The Morgan fingerprint density at radius 2 is 1.61 bits per heavy atom. The molecule has 9 heteroatoms. The molecule has 0 atom stereocenters. The average Bonchev–Trinajstić information content (AvgIpc) is 3.32. The molecule has 4 N–H and O–H groups in total. The maximum Gasteiger partial charge on any atom is 0.176 e. The molecule has 204 valence electrons. The standard InChI is InChI=1S/C32H30N8S/c1-21-13-15-23(16-14-21)29-25(20-33)30(34)40(39-29)32(2,3)19-24-11-7-8-12-26(24)35-31(41)36-28-18-17-27(37-38-28)22-9-5-4-6-10-22/h4-18H,19,34H2,1-3H3,(H2,35,36,38,41). The maximum atomic E-state index is 9.90. The molecule has 0 bridgehead atoms. The number of nitrogens with one attached hydrogen (secondary N) is 2. The lowest BCUT2D eigenvalue weighted by Crippen LogP contribution is -2.32. The molecule has 2 aromatic heterocycles. The number of rotatable bonds is 7. The molecular formula is C32H30N8S. The quantitative estimate of drug-likeness (QED) is 0.192. The smallest absolute Gasteiger partial charge is 0.176 e. The summed E-state index contributed by atoms with van der Waals surface area (Å²) in [5.74, 6) is 0.880. The minimum absolute atomic E-state index is 0.341. The molecule has 5 aromatic rings. The van der Waals surface area contributed by atoms with Gasteiger partial charge in [0.1, 0.15) is 23.1 Å². The van der Waals surface area contributed by atoms with Gasteiger partial charge in [-0.3, -0.25) is 0 Å². The highest BCUT2D eigenvalue weighted by molar-refractivity contribution is 7.80. The summed E-state index contributed by atoms with van der Waals surface area (Å²) in [6.07, 6.45) is 0.578. The lowest BCUT2D eigenvalue weighted by Gasteiger charge is -2.28. The first kappa shape index (κ1) is 27.5. The van der Waals surface area contributed by atoms with E-state index in [4.69, 9.17) is 23.1 Å². The highest BCUT2D eigenvalue weighted by atomic mass is 32.1. The lowest BCUT2D eigenvalue weighted by molar-refractivity contribution is 0.323. The van der Waals surface area contributed by atoms with Gasteiger partial charge in [-0.2, -0.15) is 10.4 Å². The van der Waals surface area contributed by atoms with Crippen molar-refractivity contribution in [2.24, 2.45) is 0 Å². The summed E-state index contributed by atoms with van der Waals surface area (Å²) in [5.41, 5.74) is 12.5. The third-order valence-electron chi connectivity index (χ3n) is 6.80. The Morgan fingerprint density at radius 3 is 2.29 bits per heavy atom. The number of hydrogen-bond donors (Lipinski definition) is 3. The molecule has 0 aliphatic rings. The van der Waals surface area contributed by atoms with Gasteiger partial charge in [-0.25, -0.2) is 4.68 Å². The normalized spacial score (nSPS) is 11.1. The van der Waals surface area contributed by atoms with Crippen LogP contribution in [0.2, 0.25) is 0 Å². The molecule has 0 aliphatic carbocycles. The van der Waals surface area contributed by atoms with Crippen LogP contribution >= 0.6 is 12.2 Å². The van der Waals surface area contributed by atoms with E-state index in [0.29, 0.717) is 34.4 Å². The molecule has 0 amide bonds. The SMILES string of the molecule is Cc1ccc(-c2nn(C(C)(C)Cc3ccccc3NC(=S)Nc3ccc(-c4ccccc4)nn3)c(N)c2C#N)cc1. The summed E-state index contributed by atoms with van der Waals surface area (Å²) in [6, 6.07) is 31.7. The molecule has 0 aliphatic heterocycles. The number of nitriles is 1. The van der Waals surface area contributed by atoms with E-state index in [2.05, 4.69) is 26.9 Å².